The molecular formula is C22H23N5O7. The van der Waals surface area contributed by atoms with Crippen LogP contribution in [-0.2, 0) is 27.3 Å². The normalized spacial score (nSPS) is 10.5. The number of amides is 1. The second-order valence-electron chi connectivity index (χ2n) is 7.05. The van der Waals surface area contributed by atoms with Crippen LogP contribution in [0.5, 0.6) is 11.6 Å². The topological polar surface area (TPSA) is 164 Å². The van der Waals surface area contributed by atoms with E-state index in [-0.39, 0.29) is 50.0 Å². The lowest BCUT2D eigenvalue weighted by atomic mass is 10.1. The summed E-state index contributed by atoms with van der Waals surface area (Å²) in [7, 11) is 0. The Morgan fingerprint density at radius 3 is 2.59 bits per heavy atom. The van der Waals surface area contributed by atoms with Crippen LogP contribution >= 0.6 is 0 Å². The summed E-state index contributed by atoms with van der Waals surface area (Å²) in [6.07, 6.45) is 2.65. The van der Waals surface area contributed by atoms with Crippen LogP contribution in [0.1, 0.15) is 24.7 Å². The molecule has 12 nitrogen and oxygen atoms in total. The van der Waals surface area contributed by atoms with Crippen molar-refractivity contribution in [3.8, 4) is 11.6 Å². The van der Waals surface area contributed by atoms with Gasteiger partial charge in [-0.25, -0.2) is 4.98 Å². The Bertz CT molecular complexity index is 1130. The maximum atomic E-state index is 12.0. The number of anilines is 1. The van der Waals surface area contributed by atoms with Crippen molar-refractivity contribution in [1.29, 1.82) is 0 Å². The van der Waals surface area contributed by atoms with E-state index in [2.05, 4.69) is 9.97 Å². The molecule has 0 spiro atoms. The van der Waals surface area contributed by atoms with E-state index in [4.69, 9.17) is 19.6 Å². The van der Waals surface area contributed by atoms with Crippen LogP contribution in [-0.4, -0.2) is 39.9 Å². The monoisotopic (exact) mass is 469 g/mol. The van der Waals surface area contributed by atoms with E-state index in [0.717, 1.165) is 6.33 Å². The number of rotatable bonds is 12. The third-order valence-corrected chi connectivity index (χ3v) is 4.59. The molecule has 2 aromatic heterocycles. The van der Waals surface area contributed by atoms with Crippen molar-refractivity contribution in [2.45, 2.75) is 26.3 Å². The van der Waals surface area contributed by atoms with E-state index in [1.54, 1.807) is 43.3 Å². The molecule has 12 heteroatoms. The second kappa shape index (κ2) is 11.4. The lowest BCUT2D eigenvalue weighted by Crippen LogP contribution is -2.28. The van der Waals surface area contributed by atoms with Crippen LogP contribution in [0, 0.1) is 10.1 Å². The molecule has 0 radical (unpaired) electrons. The standard InChI is InChI=1S/C22H23N5O7/c1-2-32-19(29)9-10-26(13-17-4-3-11-33-17)21-20(27(30)31)22(25-14-24-21)34-16-7-5-15(6-8-16)12-18(23)28/h3-8,11,14H,2,9-10,12-13H2,1H3,(H2,23,28). The molecule has 0 unspecified atom stereocenters. The van der Waals surface area contributed by atoms with E-state index in [0.29, 0.717) is 11.3 Å². The zero-order valence-electron chi connectivity index (χ0n) is 18.4. The van der Waals surface area contributed by atoms with Gasteiger partial charge in [0.1, 0.15) is 17.8 Å². The van der Waals surface area contributed by atoms with E-state index in [1.165, 1.54) is 11.2 Å². The average Bonchev–Trinajstić information content (AvgIpc) is 3.31. The van der Waals surface area contributed by atoms with Crippen LogP contribution in [0.25, 0.3) is 0 Å². The molecule has 0 saturated heterocycles. The number of hydrogen-bond donors (Lipinski definition) is 1. The van der Waals surface area contributed by atoms with Crippen molar-refractivity contribution >= 4 is 23.4 Å². The van der Waals surface area contributed by atoms with Gasteiger partial charge >= 0.3 is 17.5 Å². The zero-order valence-corrected chi connectivity index (χ0v) is 18.4. The summed E-state index contributed by atoms with van der Waals surface area (Å²) < 4.78 is 16.0. The summed E-state index contributed by atoms with van der Waals surface area (Å²) in [6.45, 7) is 2.11. The number of aromatic nitrogens is 2. The first-order chi connectivity index (χ1) is 16.4. The summed E-state index contributed by atoms with van der Waals surface area (Å²) in [4.78, 5) is 43.9. The zero-order chi connectivity index (χ0) is 24.5. The Balaban J connectivity index is 1.91. The average molecular weight is 469 g/mol. The lowest BCUT2D eigenvalue weighted by Gasteiger charge is -2.22. The van der Waals surface area contributed by atoms with Gasteiger partial charge in [0.15, 0.2) is 0 Å². The summed E-state index contributed by atoms with van der Waals surface area (Å²) >= 11 is 0. The third kappa shape index (κ3) is 6.51. The van der Waals surface area contributed by atoms with E-state index in [9.17, 15) is 19.7 Å². The van der Waals surface area contributed by atoms with Crippen LogP contribution in [0.3, 0.4) is 0 Å². The molecule has 2 N–H and O–H groups in total. The largest absolute Gasteiger partial charge is 0.467 e. The Morgan fingerprint density at radius 2 is 1.97 bits per heavy atom. The number of ether oxygens (including phenoxy) is 2. The molecular weight excluding hydrogens is 446 g/mol. The van der Waals surface area contributed by atoms with Gasteiger partial charge in [-0.1, -0.05) is 12.1 Å². The van der Waals surface area contributed by atoms with Crippen LogP contribution in [0.4, 0.5) is 11.5 Å². The molecule has 3 rings (SSSR count). The van der Waals surface area contributed by atoms with Crippen molar-refractivity contribution in [3.63, 3.8) is 0 Å². The number of furan rings is 1. The van der Waals surface area contributed by atoms with Gasteiger partial charge in [-0.3, -0.25) is 19.7 Å². The van der Waals surface area contributed by atoms with Gasteiger partial charge in [0.05, 0.1) is 37.2 Å². The maximum Gasteiger partial charge on any atom is 0.373 e. The molecule has 0 aliphatic heterocycles. The SMILES string of the molecule is CCOC(=O)CCN(Cc1ccco1)c1ncnc(Oc2ccc(CC(N)=O)cc2)c1[N+](=O)[O-]. The highest BCUT2D eigenvalue weighted by Crippen LogP contribution is 2.36. The van der Waals surface area contributed by atoms with Crippen molar-refractivity contribution in [1.82, 2.24) is 9.97 Å². The van der Waals surface area contributed by atoms with E-state index >= 15 is 0 Å². The fourth-order valence-corrected chi connectivity index (χ4v) is 3.12. The first kappa shape index (κ1) is 24.2. The molecule has 0 aliphatic rings. The van der Waals surface area contributed by atoms with Crippen LogP contribution in [0.2, 0.25) is 0 Å². The minimum atomic E-state index is -0.647. The predicted molar refractivity (Wildman–Crippen MR) is 119 cm³/mol. The highest BCUT2D eigenvalue weighted by molar-refractivity contribution is 5.76. The van der Waals surface area contributed by atoms with Gasteiger partial charge in [0.2, 0.25) is 11.7 Å². The molecule has 178 valence electrons. The summed E-state index contributed by atoms with van der Waals surface area (Å²) in [6, 6.07) is 9.72. The first-order valence-corrected chi connectivity index (χ1v) is 10.3. The highest BCUT2D eigenvalue weighted by Gasteiger charge is 2.29. The van der Waals surface area contributed by atoms with Gasteiger partial charge < -0.3 is 24.5 Å². The maximum absolute atomic E-state index is 12.0. The number of carbonyl (C=O) groups is 2. The number of nitro groups is 1. The van der Waals surface area contributed by atoms with Crippen molar-refractivity contribution in [2.75, 3.05) is 18.1 Å². The quantitative estimate of drug-likeness (QED) is 0.237. The van der Waals surface area contributed by atoms with Crippen molar-refractivity contribution < 1.29 is 28.4 Å². The Labute approximate surface area is 194 Å². The minimum absolute atomic E-state index is 0.0206. The molecule has 0 atom stereocenters. The Morgan fingerprint density at radius 1 is 1.21 bits per heavy atom. The summed E-state index contributed by atoms with van der Waals surface area (Å²) in [5.74, 6) is -0.464. The van der Waals surface area contributed by atoms with Gasteiger partial charge in [0, 0.05) is 6.54 Å². The second-order valence-corrected chi connectivity index (χ2v) is 7.05. The minimum Gasteiger partial charge on any atom is -0.467 e. The van der Waals surface area contributed by atoms with Gasteiger partial charge in [-0.2, -0.15) is 4.98 Å². The molecule has 34 heavy (non-hydrogen) atoms. The number of nitrogens with zero attached hydrogens (tertiary/aromatic N) is 4. The van der Waals surface area contributed by atoms with Crippen molar-refractivity contribution in [2.24, 2.45) is 5.73 Å². The molecule has 2 heterocycles. The Kier molecular flexibility index (Phi) is 8.11. The van der Waals surface area contributed by atoms with E-state index < -0.39 is 22.5 Å². The molecule has 3 aromatic rings. The summed E-state index contributed by atoms with van der Waals surface area (Å²) in [5, 5.41) is 12.0. The first-order valence-electron chi connectivity index (χ1n) is 10.3. The molecule has 0 saturated carbocycles. The lowest BCUT2D eigenvalue weighted by molar-refractivity contribution is -0.385. The Hall–Kier alpha value is -4.48. The molecule has 1 amide bonds. The number of esters is 1. The number of nitrogens with two attached hydrogens (primary N) is 1. The predicted octanol–water partition coefficient (Wildman–Crippen LogP) is 2.76. The van der Waals surface area contributed by atoms with Crippen LogP contribution < -0.4 is 15.4 Å². The summed E-state index contributed by atoms with van der Waals surface area (Å²) in [5.41, 5.74) is 5.39. The van der Waals surface area contributed by atoms with Gasteiger partial charge in [-0.05, 0) is 36.8 Å². The van der Waals surface area contributed by atoms with Crippen molar-refractivity contribution in [3.05, 3.63) is 70.4 Å². The van der Waals surface area contributed by atoms with Crippen LogP contribution in [0.15, 0.2) is 53.4 Å². The number of hydrogen-bond acceptors (Lipinski definition) is 10. The number of benzene rings is 1. The molecule has 0 bridgehead atoms. The smallest absolute Gasteiger partial charge is 0.373 e. The van der Waals surface area contributed by atoms with Gasteiger partial charge in [0.25, 0.3) is 0 Å². The number of primary amides is 1. The molecule has 0 aliphatic carbocycles. The van der Waals surface area contributed by atoms with Gasteiger partial charge in [-0.15, -0.1) is 0 Å². The fraction of sp³-hybridized carbons (Fsp3) is 0.273. The molecule has 1 aromatic carbocycles. The number of carbonyl (C=O) groups excluding carboxylic acids is 2. The molecule has 0 fully saturated rings. The highest BCUT2D eigenvalue weighted by atomic mass is 16.6. The fourth-order valence-electron chi connectivity index (χ4n) is 3.12. The van der Waals surface area contributed by atoms with E-state index in [1.807, 2.05) is 0 Å². The third-order valence-electron chi connectivity index (χ3n) is 4.59.